The molecule has 0 N–H and O–H groups in total. The lowest BCUT2D eigenvalue weighted by atomic mass is 10.1. The Hall–Kier alpha value is -3.37. The Bertz CT molecular complexity index is 1230. The quantitative estimate of drug-likeness (QED) is 0.299. The van der Waals surface area contributed by atoms with E-state index in [0.717, 1.165) is 27.8 Å². The predicted molar refractivity (Wildman–Crippen MR) is 117 cm³/mol. The van der Waals surface area contributed by atoms with Crippen LogP contribution in [0.5, 0.6) is 5.75 Å². The summed E-state index contributed by atoms with van der Waals surface area (Å²) in [4.78, 5) is 16.2. The van der Waals surface area contributed by atoms with E-state index in [1.807, 2.05) is 61.5 Å². The first-order valence-electron chi connectivity index (χ1n) is 9.13. The van der Waals surface area contributed by atoms with Crippen molar-refractivity contribution in [2.45, 2.75) is 13.5 Å². The van der Waals surface area contributed by atoms with Crippen molar-refractivity contribution in [1.82, 2.24) is 0 Å². The number of rotatable bonds is 5. The first-order valence-corrected chi connectivity index (χ1v) is 9.50. The van der Waals surface area contributed by atoms with Gasteiger partial charge in [-0.05, 0) is 73.2 Å². The fraction of sp³-hybridized carbons (Fsp3) is 0.0833. The fourth-order valence-electron chi connectivity index (χ4n) is 2.95. The lowest BCUT2D eigenvalue weighted by Crippen LogP contribution is -2.04. The van der Waals surface area contributed by atoms with Gasteiger partial charge in [0.1, 0.15) is 17.9 Å². The van der Waals surface area contributed by atoms with Gasteiger partial charge in [0.2, 0.25) is 0 Å². The van der Waals surface area contributed by atoms with Crippen molar-refractivity contribution in [3.05, 3.63) is 105 Å². The Morgan fingerprint density at radius 3 is 2.52 bits per heavy atom. The minimum atomic E-state index is -0.381. The summed E-state index contributed by atoms with van der Waals surface area (Å²) >= 11 is 5.88. The third-order valence-corrected chi connectivity index (χ3v) is 4.70. The second-order valence-corrected chi connectivity index (χ2v) is 7.12. The summed E-state index contributed by atoms with van der Waals surface area (Å²) in [5.41, 5.74) is 3.86. The Morgan fingerprint density at radius 1 is 1.00 bits per heavy atom. The summed E-state index contributed by atoms with van der Waals surface area (Å²) < 4.78 is 11.1. The van der Waals surface area contributed by atoms with E-state index < -0.39 is 0 Å². The monoisotopic (exact) mass is 403 g/mol. The van der Waals surface area contributed by atoms with Crippen molar-refractivity contribution >= 4 is 34.5 Å². The maximum atomic E-state index is 11.8. The molecular formula is C24H18ClNO3. The van der Waals surface area contributed by atoms with Crippen molar-refractivity contribution in [3.63, 3.8) is 0 Å². The summed E-state index contributed by atoms with van der Waals surface area (Å²) in [6.45, 7) is 2.28. The van der Waals surface area contributed by atoms with E-state index in [9.17, 15) is 4.79 Å². The highest BCUT2D eigenvalue weighted by atomic mass is 35.5. The van der Waals surface area contributed by atoms with Gasteiger partial charge >= 0.3 is 5.63 Å². The van der Waals surface area contributed by atoms with Crippen LogP contribution in [-0.2, 0) is 6.61 Å². The molecule has 4 aromatic rings. The lowest BCUT2D eigenvalue weighted by Gasteiger charge is -2.09. The first kappa shape index (κ1) is 19.0. The molecule has 5 heteroatoms. The number of nitrogens with zero attached hydrogens (tertiary/aromatic N) is 1. The zero-order valence-corrected chi connectivity index (χ0v) is 16.5. The fourth-order valence-corrected chi connectivity index (χ4v) is 3.07. The second kappa shape index (κ2) is 8.33. The highest BCUT2D eigenvalue weighted by molar-refractivity contribution is 6.30. The van der Waals surface area contributed by atoms with Crippen LogP contribution in [0.25, 0.3) is 11.0 Å². The van der Waals surface area contributed by atoms with Gasteiger partial charge in [-0.1, -0.05) is 23.2 Å². The van der Waals surface area contributed by atoms with Crippen LogP contribution in [0.1, 0.15) is 16.7 Å². The topological polar surface area (TPSA) is 51.8 Å². The summed E-state index contributed by atoms with van der Waals surface area (Å²) in [6, 6.07) is 22.1. The molecule has 4 nitrogen and oxygen atoms in total. The van der Waals surface area contributed by atoms with Crippen LogP contribution in [-0.4, -0.2) is 6.21 Å². The molecule has 0 spiro atoms. The van der Waals surface area contributed by atoms with Gasteiger partial charge in [0.25, 0.3) is 0 Å². The molecule has 0 bridgehead atoms. The normalized spacial score (nSPS) is 11.2. The Labute approximate surface area is 173 Å². The Balaban J connectivity index is 1.47. The number of halogens is 1. The Morgan fingerprint density at radius 2 is 1.76 bits per heavy atom. The lowest BCUT2D eigenvalue weighted by molar-refractivity contribution is 0.306. The van der Waals surface area contributed by atoms with E-state index >= 15 is 0 Å². The molecule has 0 aliphatic rings. The molecule has 144 valence electrons. The smallest absolute Gasteiger partial charge is 0.336 e. The molecule has 0 saturated heterocycles. The molecule has 0 fully saturated rings. The summed E-state index contributed by atoms with van der Waals surface area (Å²) in [7, 11) is 0. The van der Waals surface area contributed by atoms with Crippen LogP contribution in [0.3, 0.4) is 0 Å². The maximum absolute atomic E-state index is 11.8. The van der Waals surface area contributed by atoms with Crippen LogP contribution in [0.15, 0.2) is 87.0 Å². The van der Waals surface area contributed by atoms with Gasteiger partial charge in [-0.3, -0.25) is 4.99 Å². The molecule has 3 aromatic carbocycles. The minimum Gasteiger partial charge on any atom is -0.489 e. The molecule has 4 rings (SSSR count). The summed E-state index contributed by atoms with van der Waals surface area (Å²) in [6.07, 6.45) is 1.78. The van der Waals surface area contributed by atoms with E-state index in [2.05, 4.69) is 4.99 Å². The predicted octanol–water partition coefficient (Wildman–Crippen LogP) is 6.08. The van der Waals surface area contributed by atoms with Gasteiger partial charge in [0.05, 0.1) is 5.69 Å². The van der Waals surface area contributed by atoms with E-state index in [1.54, 1.807) is 18.3 Å². The number of ether oxygens (including phenoxy) is 1. The van der Waals surface area contributed by atoms with Crippen LogP contribution >= 0.6 is 11.6 Å². The number of aryl methyl sites for hydroxylation is 1. The molecule has 0 aliphatic carbocycles. The SMILES string of the molecule is Cc1ccc2oc(=O)cc(COc3ccc(C=Nc4ccc(Cl)cc4)cc3)c2c1. The average Bonchev–Trinajstić information content (AvgIpc) is 2.73. The number of hydrogen-bond donors (Lipinski definition) is 0. The summed E-state index contributed by atoms with van der Waals surface area (Å²) in [5, 5.41) is 1.57. The second-order valence-electron chi connectivity index (χ2n) is 6.68. The van der Waals surface area contributed by atoms with Crippen LogP contribution < -0.4 is 10.4 Å². The number of hydrogen-bond acceptors (Lipinski definition) is 4. The van der Waals surface area contributed by atoms with Crippen molar-refractivity contribution in [2.75, 3.05) is 0 Å². The number of aliphatic imine (C=N–C) groups is 1. The highest BCUT2D eigenvalue weighted by Gasteiger charge is 2.07. The minimum absolute atomic E-state index is 0.282. The molecule has 0 saturated carbocycles. The molecule has 0 amide bonds. The van der Waals surface area contributed by atoms with Crippen molar-refractivity contribution < 1.29 is 9.15 Å². The van der Waals surface area contributed by atoms with E-state index in [1.165, 1.54) is 6.07 Å². The van der Waals surface area contributed by atoms with Gasteiger partial charge < -0.3 is 9.15 Å². The molecule has 1 heterocycles. The van der Waals surface area contributed by atoms with Crippen molar-refractivity contribution in [1.29, 1.82) is 0 Å². The zero-order valence-electron chi connectivity index (χ0n) is 15.8. The van der Waals surface area contributed by atoms with Gasteiger partial charge in [-0.2, -0.15) is 0 Å². The first-order chi connectivity index (χ1) is 14.1. The average molecular weight is 404 g/mol. The van der Waals surface area contributed by atoms with Gasteiger partial charge in [0, 0.05) is 28.3 Å². The molecule has 0 unspecified atom stereocenters. The molecule has 29 heavy (non-hydrogen) atoms. The number of benzene rings is 3. The third-order valence-electron chi connectivity index (χ3n) is 4.45. The molecule has 0 radical (unpaired) electrons. The third kappa shape index (κ3) is 4.73. The van der Waals surface area contributed by atoms with Gasteiger partial charge in [-0.25, -0.2) is 4.79 Å². The number of fused-ring (bicyclic) bond motifs is 1. The maximum Gasteiger partial charge on any atom is 0.336 e. The zero-order chi connectivity index (χ0) is 20.2. The van der Waals surface area contributed by atoms with E-state index in [0.29, 0.717) is 16.4 Å². The van der Waals surface area contributed by atoms with Crippen LogP contribution in [0, 0.1) is 6.92 Å². The van der Waals surface area contributed by atoms with Crippen LogP contribution in [0.4, 0.5) is 5.69 Å². The summed E-state index contributed by atoms with van der Waals surface area (Å²) in [5.74, 6) is 0.711. The van der Waals surface area contributed by atoms with Gasteiger partial charge in [0.15, 0.2) is 0 Å². The molecule has 0 atom stereocenters. The van der Waals surface area contributed by atoms with E-state index in [4.69, 9.17) is 20.8 Å². The van der Waals surface area contributed by atoms with Crippen molar-refractivity contribution in [3.8, 4) is 5.75 Å². The standard InChI is InChI=1S/C24H18ClNO3/c1-16-2-11-23-22(12-16)18(13-24(27)29-23)15-28-21-9-3-17(4-10-21)14-26-20-7-5-19(25)6-8-20/h2-14H,15H2,1H3. The highest BCUT2D eigenvalue weighted by Crippen LogP contribution is 2.21. The molecule has 0 aliphatic heterocycles. The Kier molecular flexibility index (Phi) is 5.45. The van der Waals surface area contributed by atoms with E-state index in [-0.39, 0.29) is 12.2 Å². The van der Waals surface area contributed by atoms with Crippen molar-refractivity contribution in [2.24, 2.45) is 4.99 Å². The largest absolute Gasteiger partial charge is 0.489 e. The van der Waals surface area contributed by atoms with Gasteiger partial charge in [-0.15, -0.1) is 0 Å². The molecule has 1 aromatic heterocycles. The van der Waals surface area contributed by atoms with Crippen LogP contribution in [0.2, 0.25) is 5.02 Å². The molecular weight excluding hydrogens is 386 g/mol.